The van der Waals surface area contributed by atoms with Crippen LogP contribution in [-0.2, 0) is 4.74 Å². The second kappa shape index (κ2) is 7.06. The van der Waals surface area contributed by atoms with E-state index in [1.54, 1.807) is 0 Å². The first-order valence-electron chi connectivity index (χ1n) is 8.38. The Labute approximate surface area is 148 Å². The molecule has 1 heteroatoms. The van der Waals surface area contributed by atoms with Gasteiger partial charge in [-0.2, -0.15) is 0 Å². The Morgan fingerprint density at radius 2 is 0.960 bits per heavy atom. The molecule has 0 N–H and O–H groups in total. The molecule has 0 spiro atoms. The van der Waals surface area contributed by atoms with Crippen LogP contribution in [0.25, 0.3) is 11.5 Å². The lowest BCUT2D eigenvalue weighted by Crippen LogP contribution is -2.00. The lowest BCUT2D eigenvalue weighted by Gasteiger charge is -2.20. The SMILES string of the molecule is C1=CC=CC(=C2C=C(c3ccccc3)OC(c3ccccc3)=C2)C=C1. The van der Waals surface area contributed by atoms with E-state index in [0.717, 1.165) is 33.8 Å². The normalized spacial score (nSPS) is 16.2. The van der Waals surface area contributed by atoms with Crippen molar-refractivity contribution >= 4 is 11.5 Å². The predicted octanol–water partition coefficient (Wildman–Crippen LogP) is 6.08. The van der Waals surface area contributed by atoms with E-state index >= 15 is 0 Å². The molecule has 0 saturated carbocycles. The maximum atomic E-state index is 6.24. The van der Waals surface area contributed by atoms with Crippen LogP contribution in [0.15, 0.2) is 120 Å². The fourth-order valence-corrected chi connectivity index (χ4v) is 2.85. The van der Waals surface area contributed by atoms with Crippen molar-refractivity contribution in [2.75, 3.05) is 0 Å². The molecule has 1 heterocycles. The first kappa shape index (κ1) is 15.2. The maximum Gasteiger partial charge on any atom is 0.135 e. The molecule has 2 aliphatic rings. The van der Waals surface area contributed by atoms with Gasteiger partial charge in [-0.05, 0) is 23.3 Å². The van der Waals surface area contributed by atoms with Crippen molar-refractivity contribution in [1.29, 1.82) is 0 Å². The van der Waals surface area contributed by atoms with E-state index in [4.69, 9.17) is 4.74 Å². The maximum absolute atomic E-state index is 6.24. The lowest BCUT2D eigenvalue weighted by atomic mass is 10.00. The summed E-state index contributed by atoms with van der Waals surface area (Å²) in [5, 5.41) is 0. The molecule has 1 aliphatic heterocycles. The fraction of sp³-hybridized carbons (Fsp3) is 0. The molecule has 1 nitrogen and oxygen atoms in total. The van der Waals surface area contributed by atoms with Crippen LogP contribution in [0.2, 0.25) is 0 Å². The average molecular weight is 322 g/mol. The van der Waals surface area contributed by atoms with Gasteiger partial charge in [0.05, 0.1) is 0 Å². The Kier molecular flexibility index (Phi) is 4.30. The van der Waals surface area contributed by atoms with Gasteiger partial charge in [0.15, 0.2) is 0 Å². The van der Waals surface area contributed by atoms with Gasteiger partial charge in [0.25, 0.3) is 0 Å². The van der Waals surface area contributed by atoms with Gasteiger partial charge in [0, 0.05) is 11.1 Å². The number of allylic oxidation sites excluding steroid dienone is 10. The van der Waals surface area contributed by atoms with Gasteiger partial charge in [0.1, 0.15) is 11.5 Å². The Morgan fingerprint density at radius 1 is 0.480 bits per heavy atom. The second-order valence-electron chi connectivity index (χ2n) is 5.87. The van der Waals surface area contributed by atoms with Gasteiger partial charge in [-0.1, -0.05) is 97.1 Å². The molecule has 1 aliphatic carbocycles. The zero-order valence-electron chi connectivity index (χ0n) is 13.8. The minimum Gasteiger partial charge on any atom is -0.456 e. The number of hydrogen-bond donors (Lipinski definition) is 0. The third-order valence-electron chi connectivity index (χ3n) is 4.13. The van der Waals surface area contributed by atoms with Gasteiger partial charge in [-0.3, -0.25) is 0 Å². The highest BCUT2D eigenvalue weighted by Crippen LogP contribution is 2.33. The van der Waals surface area contributed by atoms with Gasteiger partial charge >= 0.3 is 0 Å². The highest BCUT2D eigenvalue weighted by molar-refractivity contribution is 5.78. The molecular formula is C24H18O. The smallest absolute Gasteiger partial charge is 0.135 e. The quantitative estimate of drug-likeness (QED) is 0.651. The molecule has 4 rings (SSSR count). The summed E-state index contributed by atoms with van der Waals surface area (Å²) in [6, 6.07) is 20.4. The lowest BCUT2D eigenvalue weighted by molar-refractivity contribution is 0.467. The van der Waals surface area contributed by atoms with Crippen LogP contribution < -0.4 is 0 Å². The number of ether oxygens (including phenoxy) is 1. The second-order valence-corrected chi connectivity index (χ2v) is 5.87. The Balaban J connectivity index is 1.84. The van der Waals surface area contributed by atoms with Crippen molar-refractivity contribution in [2.24, 2.45) is 0 Å². The summed E-state index contributed by atoms with van der Waals surface area (Å²) < 4.78 is 6.24. The molecule has 0 aromatic heterocycles. The number of benzene rings is 2. The largest absolute Gasteiger partial charge is 0.456 e. The monoisotopic (exact) mass is 322 g/mol. The molecule has 0 saturated heterocycles. The van der Waals surface area contributed by atoms with E-state index in [1.165, 1.54) is 0 Å². The van der Waals surface area contributed by atoms with E-state index < -0.39 is 0 Å². The topological polar surface area (TPSA) is 9.23 Å². The number of hydrogen-bond acceptors (Lipinski definition) is 1. The van der Waals surface area contributed by atoms with Crippen LogP contribution in [0.4, 0.5) is 0 Å². The summed E-state index contributed by atoms with van der Waals surface area (Å²) in [5.41, 5.74) is 4.44. The summed E-state index contributed by atoms with van der Waals surface area (Å²) in [7, 11) is 0. The minimum atomic E-state index is 0.864. The number of rotatable bonds is 2. The van der Waals surface area contributed by atoms with Crippen LogP contribution in [0.1, 0.15) is 11.1 Å². The van der Waals surface area contributed by atoms with Gasteiger partial charge in [-0.25, -0.2) is 0 Å². The van der Waals surface area contributed by atoms with Crippen LogP contribution >= 0.6 is 0 Å². The highest BCUT2D eigenvalue weighted by atomic mass is 16.5. The van der Waals surface area contributed by atoms with E-state index in [1.807, 2.05) is 48.6 Å². The fourth-order valence-electron chi connectivity index (χ4n) is 2.85. The molecule has 0 radical (unpaired) electrons. The molecule has 0 fully saturated rings. The summed E-state index contributed by atoms with van der Waals surface area (Å²) in [6.45, 7) is 0. The van der Waals surface area contributed by atoms with Gasteiger partial charge in [-0.15, -0.1) is 0 Å². The standard InChI is InChI=1S/C24H18O/c1-2-6-12-19(11-5-1)22-17-23(20-13-7-3-8-14-20)25-24(18-22)21-15-9-4-10-16-21/h1-18H. The van der Waals surface area contributed by atoms with E-state index in [0.29, 0.717) is 0 Å². The van der Waals surface area contributed by atoms with Crippen molar-refractivity contribution in [3.8, 4) is 0 Å². The first-order valence-corrected chi connectivity index (χ1v) is 8.38. The minimum absolute atomic E-state index is 0.864. The van der Waals surface area contributed by atoms with Crippen molar-refractivity contribution in [1.82, 2.24) is 0 Å². The third kappa shape index (κ3) is 3.46. The Hall–Kier alpha value is -3.32. The van der Waals surface area contributed by atoms with Crippen molar-refractivity contribution in [3.05, 3.63) is 132 Å². The molecule has 0 amide bonds. The van der Waals surface area contributed by atoms with E-state index in [2.05, 4.69) is 60.7 Å². The zero-order valence-corrected chi connectivity index (χ0v) is 13.8. The van der Waals surface area contributed by atoms with Crippen molar-refractivity contribution in [2.45, 2.75) is 0 Å². The van der Waals surface area contributed by atoms with E-state index in [-0.39, 0.29) is 0 Å². The molecule has 0 atom stereocenters. The summed E-state index contributed by atoms with van der Waals surface area (Å²) in [4.78, 5) is 0. The summed E-state index contributed by atoms with van der Waals surface area (Å²) >= 11 is 0. The first-order chi connectivity index (χ1) is 12.4. The van der Waals surface area contributed by atoms with Crippen molar-refractivity contribution < 1.29 is 4.74 Å². The van der Waals surface area contributed by atoms with Crippen molar-refractivity contribution in [3.63, 3.8) is 0 Å². The van der Waals surface area contributed by atoms with Crippen LogP contribution in [0, 0.1) is 0 Å². The summed E-state index contributed by atoms with van der Waals surface area (Å²) in [5.74, 6) is 1.73. The van der Waals surface area contributed by atoms with Crippen LogP contribution in [-0.4, -0.2) is 0 Å². The molecule has 0 bridgehead atoms. The molecule has 2 aromatic rings. The molecular weight excluding hydrogens is 304 g/mol. The predicted molar refractivity (Wildman–Crippen MR) is 104 cm³/mol. The van der Waals surface area contributed by atoms with Crippen LogP contribution in [0.3, 0.4) is 0 Å². The van der Waals surface area contributed by atoms with Gasteiger partial charge < -0.3 is 4.74 Å². The van der Waals surface area contributed by atoms with Gasteiger partial charge in [0.2, 0.25) is 0 Å². The Bertz CT molecular complexity index is 861. The zero-order chi connectivity index (χ0) is 16.9. The van der Waals surface area contributed by atoms with E-state index in [9.17, 15) is 0 Å². The average Bonchev–Trinajstić information content (AvgIpc) is 2.99. The van der Waals surface area contributed by atoms with Crippen LogP contribution in [0.5, 0.6) is 0 Å². The molecule has 25 heavy (non-hydrogen) atoms. The molecule has 120 valence electrons. The molecule has 2 aromatic carbocycles. The molecule has 0 unspecified atom stereocenters. The highest BCUT2D eigenvalue weighted by Gasteiger charge is 2.16. The third-order valence-corrected chi connectivity index (χ3v) is 4.13. The summed E-state index contributed by atoms with van der Waals surface area (Å²) in [6.07, 6.45) is 16.7. The Morgan fingerprint density at radius 3 is 1.44 bits per heavy atom.